The van der Waals surface area contributed by atoms with Gasteiger partial charge in [-0.3, -0.25) is 0 Å². The summed E-state index contributed by atoms with van der Waals surface area (Å²) in [6.45, 7) is 9.00. The number of hydrogen-bond acceptors (Lipinski definition) is 2. The second-order valence-electron chi connectivity index (χ2n) is 5.91. The molecule has 0 radical (unpaired) electrons. The minimum atomic E-state index is -1.82. The maximum absolute atomic E-state index is 9.40. The van der Waals surface area contributed by atoms with Crippen molar-refractivity contribution in [2.24, 2.45) is 11.7 Å². The third-order valence-corrected chi connectivity index (χ3v) is 9.36. The van der Waals surface area contributed by atoms with E-state index in [1.807, 2.05) is 6.07 Å². The molecule has 1 aliphatic rings. The van der Waals surface area contributed by atoms with Crippen LogP contribution in [0.5, 0.6) is 0 Å². The molecule has 0 amide bonds. The van der Waals surface area contributed by atoms with Crippen LogP contribution in [0, 0.1) is 5.92 Å². The lowest BCUT2D eigenvalue weighted by molar-refractivity contribution is 0.249. The molecule has 1 fully saturated rings. The first-order valence-corrected chi connectivity index (χ1v) is 9.58. The van der Waals surface area contributed by atoms with Crippen LogP contribution >= 0.6 is 0 Å². The molecule has 0 saturated heterocycles. The number of aliphatic hydroxyl groups excluding tert-OH is 1. The summed E-state index contributed by atoms with van der Waals surface area (Å²) in [5.74, 6) is 0.186. The molecule has 2 rings (SSSR count). The van der Waals surface area contributed by atoms with Crippen LogP contribution in [-0.2, 0) is 0 Å². The number of rotatable bonds is 3. The lowest BCUT2D eigenvalue weighted by Gasteiger charge is -2.41. The zero-order chi connectivity index (χ0) is 13.4. The van der Waals surface area contributed by atoms with Crippen LogP contribution in [0.15, 0.2) is 42.5 Å². The van der Waals surface area contributed by atoms with Crippen molar-refractivity contribution in [3.63, 3.8) is 0 Å². The maximum atomic E-state index is 9.40. The molecule has 98 valence electrons. The van der Waals surface area contributed by atoms with Gasteiger partial charge in [0.05, 0.1) is 0 Å². The highest BCUT2D eigenvalue weighted by molar-refractivity contribution is 6.93. The van der Waals surface area contributed by atoms with E-state index in [1.54, 1.807) is 0 Å². The van der Waals surface area contributed by atoms with E-state index >= 15 is 0 Å². The van der Waals surface area contributed by atoms with Crippen LogP contribution in [0.25, 0.3) is 0 Å². The van der Waals surface area contributed by atoms with Crippen LogP contribution in [0.1, 0.15) is 12.8 Å². The molecule has 2 atom stereocenters. The average Bonchev–Trinajstić information content (AvgIpc) is 2.68. The second-order valence-corrected chi connectivity index (χ2v) is 10.6. The Labute approximate surface area is 111 Å². The molecule has 1 aromatic rings. The van der Waals surface area contributed by atoms with Gasteiger partial charge in [0, 0.05) is 17.7 Å². The molecule has 2 nitrogen and oxygen atoms in total. The van der Waals surface area contributed by atoms with Gasteiger partial charge in [-0.2, -0.15) is 0 Å². The van der Waals surface area contributed by atoms with E-state index in [0.29, 0.717) is 0 Å². The zero-order valence-electron chi connectivity index (χ0n) is 11.3. The van der Waals surface area contributed by atoms with Gasteiger partial charge in [0.1, 0.15) is 8.07 Å². The lowest BCUT2D eigenvalue weighted by Crippen LogP contribution is -2.67. The monoisotopic (exact) mass is 261 g/mol. The first-order valence-electron chi connectivity index (χ1n) is 6.58. The third-order valence-electron chi connectivity index (χ3n) is 4.78. The number of nitrogens with two attached hydrogens (primary N) is 1. The van der Waals surface area contributed by atoms with Gasteiger partial charge in [0.2, 0.25) is 0 Å². The molecule has 0 spiro atoms. The normalized spacial score (nSPS) is 28.7. The van der Waals surface area contributed by atoms with Crippen LogP contribution in [-0.4, -0.2) is 24.9 Å². The summed E-state index contributed by atoms with van der Waals surface area (Å²) in [5.41, 5.74) is 7.79. The highest BCUT2D eigenvalue weighted by Gasteiger charge is 2.51. The summed E-state index contributed by atoms with van der Waals surface area (Å²) in [7, 11) is -1.82. The first kappa shape index (κ1) is 13.5. The van der Waals surface area contributed by atoms with Gasteiger partial charge < -0.3 is 10.8 Å². The predicted molar refractivity (Wildman–Crippen MR) is 79.4 cm³/mol. The van der Waals surface area contributed by atoms with Gasteiger partial charge in [-0.05, 0) is 12.8 Å². The maximum Gasteiger partial charge on any atom is 0.107 e. The van der Waals surface area contributed by atoms with Gasteiger partial charge in [0.25, 0.3) is 0 Å². The van der Waals surface area contributed by atoms with E-state index < -0.39 is 8.07 Å². The van der Waals surface area contributed by atoms with Crippen LogP contribution in [0.4, 0.5) is 0 Å². The molecule has 1 saturated carbocycles. The van der Waals surface area contributed by atoms with Gasteiger partial charge in [-0.1, -0.05) is 60.8 Å². The molecular formula is C15H23NOSi. The fourth-order valence-electron chi connectivity index (χ4n) is 3.13. The Hall–Kier alpha value is -0.903. The Morgan fingerprint density at radius 1 is 1.39 bits per heavy atom. The second kappa shape index (κ2) is 4.65. The van der Waals surface area contributed by atoms with E-state index in [4.69, 9.17) is 5.73 Å². The summed E-state index contributed by atoms with van der Waals surface area (Å²) in [5, 5.41) is 10.5. The highest BCUT2D eigenvalue weighted by atomic mass is 28.3. The van der Waals surface area contributed by atoms with Gasteiger partial charge in [0.15, 0.2) is 0 Å². The number of hydrogen-bond donors (Lipinski definition) is 2. The summed E-state index contributed by atoms with van der Waals surface area (Å²) < 4.78 is 0. The van der Waals surface area contributed by atoms with Crippen LogP contribution < -0.4 is 10.9 Å². The molecule has 18 heavy (non-hydrogen) atoms. The van der Waals surface area contributed by atoms with Crippen molar-refractivity contribution in [1.82, 2.24) is 0 Å². The average molecular weight is 261 g/mol. The molecule has 1 aromatic carbocycles. The quantitative estimate of drug-likeness (QED) is 0.644. The van der Waals surface area contributed by atoms with Crippen molar-refractivity contribution in [3.8, 4) is 0 Å². The standard InChI is InChI=1S/C15H23NOSi/c1-12-13(11-17)9-10-15(12,16)18(2,3)14-7-5-4-6-8-14/h4-8,13,17H,1,9-11,16H2,2-3H3. The Kier molecular flexibility index (Phi) is 3.49. The minimum absolute atomic E-state index is 0.178. The summed E-state index contributed by atoms with van der Waals surface area (Å²) >= 11 is 0. The SMILES string of the molecule is C=C1C(CO)CCC1(N)[Si](C)(C)c1ccccc1. The fraction of sp³-hybridized carbons (Fsp3) is 0.467. The molecule has 3 N–H and O–H groups in total. The smallest absolute Gasteiger partial charge is 0.107 e. The van der Waals surface area contributed by atoms with Gasteiger partial charge >= 0.3 is 0 Å². The fourth-order valence-corrected chi connectivity index (χ4v) is 6.45. The first-order chi connectivity index (χ1) is 8.43. The van der Waals surface area contributed by atoms with Crippen LogP contribution in [0.3, 0.4) is 0 Å². The van der Waals surface area contributed by atoms with E-state index in [9.17, 15) is 5.11 Å². The minimum Gasteiger partial charge on any atom is -0.396 e. The van der Waals surface area contributed by atoms with Crippen molar-refractivity contribution in [3.05, 3.63) is 42.5 Å². The number of aliphatic hydroxyl groups is 1. The summed E-state index contributed by atoms with van der Waals surface area (Å²) in [6.07, 6.45) is 1.92. The van der Waals surface area contributed by atoms with Crippen molar-refractivity contribution in [2.75, 3.05) is 6.61 Å². The van der Waals surface area contributed by atoms with Crippen molar-refractivity contribution in [2.45, 2.75) is 31.1 Å². The Morgan fingerprint density at radius 2 is 2.00 bits per heavy atom. The van der Waals surface area contributed by atoms with Crippen LogP contribution in [0.2, 0.25) is 13.1 Å². The molecule has 3 heteroatoms. The number of benzene rings is 1. The Morgan fingerprint density at radius 3 is 2.50 bits per heavy atom. The predicted octanol–water partition coefficient (Wildman–Crippen LogP) is 1.80. The van der Waals surface area contributed by atoms with Crippen molar-refractivity contribution in [1.29, 1.82) is 0 Å². The lowest BCUT2D eigenvalue weighted by atomic mass is 10.0. The molecule has 0 aromatic heterocycles. The largest absolute Gasteiger partial charge is 0.396 e. The summed E-state index contributed by atoms with van der Waals surface area (Å²) in [4.78, 5) is 0. The van der Waals surface area contributed by atoms with E-state index in [1.165, 1.54) is 5.19 Å². The molecule has 0 bridgehead atoms. The topological polar surface area (TPSA) is 46.2 Å². The van der Waals surface area contributed by atoms with Gasteiger partial charge in [-0.15, -0.1) is 0 Å². The zero-order valence-corrected chi connectivity index (χ0v) is 12.3. The van der Waals surface area contributed by atoms with E-state index in [-0.39, 0.29) is 17.7 Å². The Balaban J connectivity index is 2.39. The molecule has 0 heterocycles. The van der Waals surface area contributed by atoms with Gasteiger partial charge in [-0.25, -0.2) is 0 Å². The third kappa shape index (κ3) is 1.87. The molecule has 1 aliphatic carbocycles. The van der Waals surface area contributed by atoms with Crippen molar-refractivity contribution >= 4 is 13.3 Å². The summed E-state index contributed by atoms with van der Waals surface area (Å²) in [6, 6.07) is 10.6. The highest BCUT2D eigenvalue weighted by Crippen LogP contribution is 2.42. The molecular weight excluding hydrogens is 238 g/mol. The Bertz CT molecular complexity index is 443. The molecule has 2 unspecified atom stereocenters. The van der Waals surface area contributed by atoms with E-state index in [2.05, 4.69) is 43.9 Å². The van der Waals surface area contributed by atoms with E-state index in [0.717, 1.165) is 18.4 Å². The molecule has 0 aliphatic heterocycles. The van der Waals surface area contributed by atoms with Crippen molar-refractivity contribution < 1.29 is 5.11 Å².